The summed E-state index contributed by atoms with van der Waals surface area (Å²) in [6, 6.07) is 3.87. The molecule has 1 N–H and O–H groups in total. The van der Waals surface area contributed by atoms with E-state index in [9.17, 15) is 14.9 Å². The highest BCUT2D eigenvalue weighted by Crippen LogP contribution is 2.35. The molecule has 0 spiro atoms. The van der Waals surface area contributed by atoms with Crippen LogP contribution < -0.4 is 0 Å². The number of nitrogens with zero attached hydrogens (tertiary/aromatic N) is 2. The van der Waals surface area contributed by atoms with Gasteiger partial charge in [0.25, 0.3) is 0 Å². The maximum Gasteiger partial charge on any atom is 0.354 e. The van der Waals surface area contributed by atoms with Gasteiger partial charge in [-0.1, -0.05) is 11.8 Å². The number of carboxylic acid groups (broad SMARTS) is 1. The van der Waals surface area contributed by atoms with Crippen molar-refractivity contribution >= 4 is 23.4 Å². The first kappa shape index (κ1) is 13.1. The van der Waals surface area contributed by atoms with E-state index in [1.54, 1.807) is 13.0 Å². The number of aryl methyl sites for hydroxylation is 1. The summed E-state index contributed by atoms with van der Waals surface area (Å²) in [4.78, 5) is 25.6. The van der Waals surface area contributed by atoms with Crippen LogP contribution in [-0.4, -0.2) is 21.0 Å². The van der Waals surface area contributed by atoms with E-state index >= 15 is 0 Å². The summed E-state index contributed by atoms with van der Waals surface area (Å²) in [6.45, 7) is 1.70. The summed E-state index contributed by atoms with van der Waals surface area (Å²) in [5, 5.41) is 19.8. The lowest BCUT2D eigenvalue weighted by molar-refractivity contribution is -0.388. The Labute approximate surface area is 111 Å². The number of nitro groups is 1. The Morgan fingerprint density at radius 1 is 1.47 bits per heavy atom. The van der Waals surface area contributed by atoms with Gasteiger partial charge in [0.15, 0.2) is 5.03 Å². The van der Waals surface area contributed by atoms with Gasteiger partial charge in [-0.25, -0.2) is 9.78 Å². The van der Waals surface area contributed by atoms with Gasteiger partial charge in [-0.2, -0.15) is 0 Å². The summed E-state index contributed by atoms with van der Waals surface area (Å²) < 4.78 is 5.08. The maximum absolute atomic E-state index is 10.9. The standard InChI is InChI=1S/C11H8N2O5S/c1-6-9(4-5-18-6)19-10-8(13(16)17)3-2-7(12-10)11(14)15/h2-5H,1H3,(H,14,15). The minimum atomic E-state index is -1.24. The molecular formula is C11H8N2O5S. The van der Waals surface area contributed by atoms with Crippen molar-refractivity contribution in [1.82, 2.24) is 4.98 Å². The van der Waals surface area contributed by atoms with Crippen LogP contribution >= 0.6 is 11.8 Å². The fourth-order valence-corrected chi connectivity index (χ4v) is 2.26. The number of hydrogen-bond acceptors (Lipinski definition) is 6. The highest BCUT2D eigenvalue weighted by Gasteiger charge is 2.20. The first-order valence-electron chi connectivity index (χ1n) is 5.09. The molecule has 0 aliphatic carbocycles. The molecule has 2 aromatic rings. The maximum atomic E-state index is 10.9. The predicted octanol–water partition coefficient (Wildman–Crippen LogP) is 2.74. The number of carboxylic acids is 1. The second-order valence-corrected chi connectivity index (χ2v) is 4.56. The number of aromatic nitrogens is 1. The second kappa shape index (κ2) is 5.11. The van der Waals surface area contributed by atoms with Crippen LogP contribution in [0.5, 0.6) is 0 Å². The summed E-state index contributed by atoms with van der Waals surface area (Å²) in [5.41, 5.74) is -0.482. The van der Waals surface area contributed by atoms with E-state index in [2.05, 4.69) is 4.98 Å². The fraction of sp³-hybridized carbons (Fsp3) is 0.0909. The lowest BCUT2D eigenvalue weighted by Gasteiger charge is -2.02. The Morgan fingerprint density at radius 3 is 2.74 bits per heavy atom. The monoisotopic (exact) mass is 280 g/mol. The van der Waals surface area contributed by atoms with E-state index in [1.165, 1.54) is 6.26 Å². The lowest BCUT2D eigenvalue weighted by atomic mass is 10.3. The molecule has 0 unspecified atom stereocenters. The SMILES string of the molecule is Cc1occc1Sc1nc(C(=O)O)ccc1[N+](=O)[O-]. The van der Waals surface area contributed by atoms with Gasteiger partial charge in [0.05, 0.1) is 16.1 Å². The number of carbonyl (C=O) groups is 1. The minimum Gasteiger partial charge on any atom is -0.477 e. The molecule has 0 radical (unpaired) electrons. The molecule has 0 saturated carbocycles. The van der Waals surface area contributed by atoms with Crippen LogP contribution in [0.4, 0.5) is 5.69 Å². The average molecular weight is 280 g/mol. The third-order valence-electron chi connectivity index (χ3n) is 2.27. The molecule has 0 fully saturated rings. The Hall–Kier alpha value is -2.35. The Bertz CT molecular complexity index is 652. The van der Waals surface area contributed by atoms with Crippen molar-refractivity contribution in [3.05, 3.63) is 46.0 Å². The summed E-state index contributed by atoms with van der Waals surface area (Å²) in [5.74, 6) is -0.650. The van der Waals surface area contributed by atoms with Crippen LogP contribution in [0.15, 0.2) is 38.8 Å². The molecule has 2 heterocycles. The van der Waals surface area contributed by atoms with Gasteiger partial charge in [0.2, 0.25) is 0 Å². The van der Waals surface area contributed by atoms with Gasteiger partial charge >= 0.3 is 11.7 Å². The van der Waals surface area contributed by atoms with Gasteiger partial charge in [-0.05, 0) is 19.1 Å². The van der Waals surface area contributed by atoms with Crippen molar-refractivity contribution in [2.45, 2.75) is 16.8 Å². The summed E-state index contributed by atoms with van der Waals surface area (Å²) >= 11 is 0.998. The molecule has 2 aromatic heterocycles. The quantitative estimate of drug-likeness (QED) is 0.677. The van der Waals surface area contributed by atoms with Gasteiger partial charge in [0, 0.05) is 6.07 Å². The van der Waals surface area contributed by atoms with Gasteiger partial charge in [0.1, 0.15) is 11.5 Å². The first-order chi connectivity index (χ1) is 8.99. The third kappa shape index (κ3) is 2.74. The molecule has 19 heavy (non-hydrogen) atoms. The van der Waals surface area contributed by atoms with Crippen LogP contribution in [0.3, 0.4) is 0 Å². The number of pyridine rings is 1. The smallest absolute Gasteiger partial charge is 0.354 e. The van der Waals surface area contributed by atoms with E-state index in [4.69, 9.17) is 9.52 Å². The number of aromatic carboxylic acids is 1. The third-order valence-corrected chi connectivity index (χ3v) is 3.41. The molecular weight excluding hydrogens is 272 g/mol. The zero-order chi connectivity index (χ0) is 14.0. The predicted molar refractivity (Wildman–Crippen MR) is 65.4 cm³/mol. The van der Waals surface area contributed by atoms with Crippen molar-refractivity contribution in [1.29, 1.82) is 0 Å². The van der Waals surface area contributed by atoms with E-state index in [0.29, 0.717) is 10.7 Å². The molecule has 0 aromatic carbocycles. The summed E-state index contributed by atoms with van der Waals surface area (Å²) in [7, 11) is 0. The zero-order valence-electron chi connectivity index (χ0n) is 9.69. The zero-order valence-corrected chi connectivity index (χ0v) is 10.5. The molecule has 7 nitrogen and oxygen atoms in total. The first-order valence-corrected chi connectivity index (χ1v) is 5.91. The molecule has 8 heteroatoms. The van der Waals surface area contributed by atoms with Gasteiger partial charge in [-0.3, -0.25) is 10.1 Å². The van der Waals surface area contributed by atoms with Crippen molar-refractivity contribution in [3.63, 3.8) is 0 Å². The van der Waals surface area contributed by atoms with Gasteiger partial charge < -0.3 is 9.52 Å². The van der Waals surface area contributed by atoms with Crippen molar-refractivity contribution in [2.75, 3.05) is 0 Å². The van der Waals surface area contributed by atoms with Gasteiger partial charge in [-0.15, -0.1) is 0 Å². The average Bonchev–Trinajstić information content (AvgIpc) is 2.74. The van der Waals surface area contributed by atoms with Crippen LogP contribution in [0.1, 0.15) is 16.2 Å². The molecule has 0 atom stereocenters. The molecule has 0 aliphatic heterocycles. The molecule has 98 valence electrons. The normalized spacial score (nSPS) is 10.4. The number of hydrogen-bond donors (Lipinski definition) is 1. The summed E-state index contributed by atoms with van der Waals surface area (Å²) in [6.07, 6.45) is 1.45. The van der Waals surface area contributed by atoms with Crippen molar-refractivity contribution in [2.24, 2.45) is 0 Å². The van der Waals surface area contributed by atoms with Crippen molar-refractivity contribution in [3.8, 4) is 0 Å². The molecule has 0 aliphatic rings. The second-order valence-electron chi connectivity index (χ2n) is 3.53. The fourth-order valence-electron chi connectivity index (χ4n) is 1.35. The molecule has 0 amide bonds. The van der Waals surface area contributed by atoms with E-state index in [0.717, 1.165) is 23.9 Å². The van der Waals surface area contributed by atoms with Crippen LogP contribution in [0.25, 0.3) is 0 Å². The van der Waals surface area contributed by atoms with E-state index in [1.807, 2.05) is 0 Å². The molecule has 0 saturated heterocycles. The Balaban J connectivity index is 2.46. The van der Waals surface area contributed by atoms with E-state index in [-0.39, 0.29) is 16.4 Å². The highest BCUT2D eigenvalue weighted by molar-refractivity contribution is 7.99. The van der Waals surface area contributed by atoms with Crippen molar-refractivity contribution < 1.29 is 19.2 Å². The minimum absolute atomic E-state index is 0.0226. The van der Waals surface area contributed by atoms with Crippen LogP contribution in [-0.2, 0) is 0 Å². The van der Waals surface area contributed by atoms with Crippen LogP contribution in [0, 0.1) is 17.0 Å². The highest BCUT2D eigenvalue weighted by atomic mass is 32.2. The topological polar surface area (TPSA) is 106 Å². The Kier molecular flexibility index (Phi) is 3.52. The number of furan rings is 1. The largest absolute Gasteiger partial charge is 0.477 e. The number of rotatable bonds is 4. The molecule has 2 rings (SSSR count). The molecule has 0 bridgehead atoms. The lowest BCUT2D eigenvalue weighted by Crippen LogP contribution is -2.03. The Morgan fingerprint density at radius 2 is 2.21 bits per heavy atom. The van der Waals surface area contributed by atoms with Crippen LogP contribution in [0.2, 0.25) is 0 Å². The van der Waals surface area contributed by atoms with E-state index < -0.39 is 10.9 Å².